The molecule has 1 atom stereocenters. The van der Waals surface area contributed by atoms with E-state index in [0.29, 0.717) is 0 Å². The van der Waals surface area contributed by atoms with Crippen LogP contribution in [0.25, 0.3) is 0 Å². The van der Waals surface area contributed by atoms with E-state index in [1.54, 1.807) is 0 Å². The van der Waals surface area contributed by atoms with Crippen LogP contribution in [0.5, 0.6) is 0 Å². The Kier molecular flexibility index (Phi) is 8.73. The van der Waals surface area contributed by atoms with E-state index in [1.807, 2.05) is 11.8 Å². The van der Waals surface area contributed by atoms with Crippen molar-refractivity contribution in [3.63, 3.8) is 0 Å². The molecule has 0 saturated carbocycles. The first-order valence-electron chi connectivity index (χ1n) is 5.62. The molecule has 0 fully saturated rings. The third kappa shape index (κ3) is 6.68. The van der Waals surface area contributed by atoms with Crippen molar-refractivity contribution in [2.75, 3.05) is 24.7 Å². The minimum Gasteiger partial charge on any atom is -0.396 e. The molecule has 3 heteroatoms. The van der Waals surface area contributed by atoms with Crippen LogP contribution in [-0.2, 0) is 0 Å². The van der Waals surface area contributed by atoms with Crippen LogP contribution in [0.1, 0.15) is 40.0 Å². The summed E-state index contributed by atoms with van der Waals surface area (Å²) in [5.74, 6) is 2.45. The number of hydrogen-bond donors (Lipinski definition) is 2. The Hall–Kier alpha value is 0.270. The van der Waals surface area contributed by atoms with E-state index in [-0.39, 0.29) is 12.1 Å². The monoisotopic (exact) mass is 219 g/mol. The van der Waals surface area contributed by atoms with Gasteiger partial charge in [0, 0.05) is 12.1 Å². The average Bonchev–Trinajstić information content (AvgIpc) is 2.18. The van der Waals surface area contributed by atoms with Gasteiger partial charge in [-0.05, 0) is 44.2 Å². The molecular weight excluding hydrogens is 194 g/mol. The summed E-state index contributed by atoms with van der Waals surface area (Å²) < 4.78 is 0. The molecular formula is C11H25NOS. The lowest BCUT2D eigenvalue weighted by Gasteiger charge is -2.29. The summed E-state index contributed by atoms with van der Waals surface area (Å²) in [6.45, 7) is 7.90. The normalized spacial score (nSPS) is 15.4. The van der Waals surface area contributed by atoms with Crippen LogP contribution in [0, 0.1) is 0 Å². The molecule has 0 bridgehead atoms. The topological polar surface area (TPSA) is 32.3 Å². The maximum atomic E-state index is 8.93. The van der Waals surface area contributed by atoms with Crippen molar-refractivity contribution in [3.8, 4) is 0 Å². The summed E-state index contributed by atoms with van der Waals surface area (Å²) in [7, 11) is 0. The molecule has 0 aromatic carbocycles. The first kappa shape index (κ1) is 14.3. The second kappa shape index (κ2) is 8.57. The second-order valence-corrected chi connectivity index (χ2v) is 5.26. The molecule has 1 unspecified atom stereocenters. The molecule has 2 N–H and O–H groups in total. The number of nitrogens with one attached hydrogen (secondary N) is 1. The van der Waals surface area contributed by atoms with Crippen molar-refractivity contribution < 1.29 is 5.11 Å². The van der Waals surface area contributed by atoms with Crippen LogP contribution in [-0.4, -0.2) is 35.3 Å². The first-order valence-corrected chi connectivity index (χ1v) is 6.77. The highest BCUT2D eigenvalue weighted by atomic mass is 32.2. The molecule has 0 rings (SSSR count). The van der Waals surface area contributed by atoms with Crippen LogP contribution < -0.4 is 5.32 Å². The van der Waals surface area contributed by atoms with Crippen molar-refractivity contribution in [2.24, 2.45) is 0 Å². The predicted molar refractivity (Wildman–Crippen MR) is 66.0 cm³/mol. The largest absolute Gasteiger partial charge is 0.396 e. The van der Waals surface area contributed by atoms with E-state index in [9.17, 15) is 0 Å². The summed E-state index contributed by atoms with van der Waals surface area (Å²) in [5.41, 5.74) is 0.131. The van der Waals surface area contributed by atoms with Gasteiger partial charge < -0.3 is 10.4 Å². The van der Waals surface area contributed by atoms with Gasteiger partial charge in [0.2, 0.25) is 0 Å². The fraction of sp³-hybridized carbons (Fsp3) is 1.00. The number of rotatable bonds is 9. The minimum atomic E-state index is 0.131. The van der Waals surface area contributed by atoms with Crippen LogP contribution in [0.4, 0.5) is 0 Å². The van der Waals surface area contributed by atoms with E-state index in [2.05, 4.69) is 26.1 Å². The molecule has 0 saturated heterocycles. The van der Waals surface area contributed by atoms with Crippen molar-refractivity contribution in [3.05, 3.63) is 0 Å². The highest BCUT2D eigenvalue weighted by Gasteiger charge is 2.19. The van der Waals surface area contributed by atoms with E-state index in [1.165, 1.54) is 17.9 Å². The molecule has 0 aliphatic heterocycles. The molecule has 0 aliphatic carbocycles. The smallest absolute Gasteiger partial charge is 0.0448 e. The van der Waals surface area contributed by atoms with E-state index in [0.717, 1.165) is 19.4 Å². The summed E-state index contributed by atoms with van der Waals surface area (Å²) >= 11 is 1.99. The SMILES string of the molecule is CCSCCCNC(C)(CC)CCO. The minimum absolute atomic E-state index is 0.131. The van der Waals surface area contributed by atoms with Crippen LogP contribution in [0.3, 0.4) is 0 Å². The Labute approximate surface area is 92.9 Å². The van der Waals surface area contributed by atoms with Crippen LogP contribution in [0.15, 0.2) is 0 Å². The van der Waals surface area contributed by atoms with Gasteiger partial charge in [0.1, 0.15) is 0 Å². The molecule has 0 aliphatic rings. The van der Waals surface area contributed by atoms with E-state index >= 15 is 0 Å². The third-order valence-corrected chi connectivity index (χ3v) is 3.65. The predicted octanol–water partition coefficient (Wildman–Crippen LogP) is 2.27. The zero-order valence-corrected chi connectivity index (χ0v) is 10.6. The quantitative estimate of drug-likeness (QED) is 0.584. The lowest BCUT2D eigenvalue weighted by atomic mass is 9.95. The van der Waals surface area contributed by atoms with Gasteiger partial charge in [-0.2, -0.15) is 11.8 Å². The highest BCUT2D eigenvalue weighted by Crippen LogP contribution is 2.13. The van der Waals surface area contributed by atoms with Crippen molar-refractivity contribution >= 4 is 11.8 Å². The molecule has 14 heavy (non-hydrogen) atoms. The van der Waals surface area contributed by atoms with Gasteiger partial charge >= 0.3 is 0 Å². The fourth-order valence-corrected chi connectivity index (χ4v) is 1.98. The number of hydrogen-bond acceptors (Lipinski definition) is 3. The van der Waals surface area contributed by atoms with E-state index < -0.39 is 0 Å². The van der Waals surface area contributed by atoms with Gasteiger partial charge in [-0.3, -0.25) is 0 Å². The lowest BCUT2D eigenvalue weighted by Crippen LogP contribution is -2.43. The molecule has 2 nitrogen and oxygen atoms in total. The maximum Gasteiger partial charge on any atom is 0.0448 e. The van der Waals surface area contributed by atoms with Gasteiger partial charge in [0.15, 0.2) is 0 Å². The highest BCUT2D eigenvalue weighted by molar-refractivity contribution is 7.99. The number of aliphatic hydroxyl groups excluding tert-OH is 1. The third-order valence-electron chi connectivity index (χ3n) is 2.67. The molecule has 0 aromatic rings. The maximum absolute atomic E-state index is 8.93. The Morgan fingerprint density at radius 3 is 2.57 bits per heavy atom. The summed E-state index contributed by atoms with van der Waals surface area (Å²) in [5, 5.41) is 12.5. The lowest BCUT2D eigenvalue weighted by molar-refractivity contribution is 0.216. The molecule has 0 amide bonds. The standard InChI is InChI=1S/C11H25NOS/c1-4-11(3,7-9-13)12-8-6-10-14-5-2/h12-13H,4-10H2,1-3H3. The Morgan fingerprint density at radius 1 is 1.36 bits per heavy atom. The number of thioether (sulfide) groups is 1. The number of aliphatic hydroxyl groups is 1. The van der Waals surface area contributed by atoms with Crippen LogP contribution >= 0.6 is 11.8 Å². The van der Waals surface area contributed by atoms with Gasteiger partial charge in [-0.15, -0.1) is 0 Å². The van der Waals surface area contributed by atoms with Gasteiger partial charge in [0.25, 0.3) is 0 Å². The molecule has 0 radical (unpaired) electrons. The van der Waals surface area contributed by atoms with Crippen LogP contribution in [0.2, 0.25) is 0 Å². The zero-order chi connectivity index (χ0) is 10.9. The van der Waals surface area contributed by atoms with E-state index in [4.69, 9.17) is 5.11 Å². The fourth-order valence-electron chi connectivity index (χ4n) is 1.35. The Bertz CT molecular complexity index is 132. The molecule has 0 spiro atoms. The second-order valence-electron chi connectivity index (χ2n) is 3.87. The molecule has 86 valence electrons. The van der Waals surface area contributed by atoms with Crippen molar-refractivity contribution in [1.29, 1.82) is 0 Å². The first-order chi connectivity index (χ1) is 6.68. The summed E-state index contributed by atoms with van der Waals surface area (Å²) in [6, 6.07) is 0. The molecule has 0 aromatic heterocycles. The van der Waals surface area contributed by atoms with Crippen molar-refractivity contribution in [1.82, 2.24) is 5.32 Å². The Morgan fingerprint density at radius 2 is 2.07 bits per heavy atom. The average molecular weight is 219 g/mol. The summed E-state index contributed by atoms with van der Waals surface area (Å²) in [6.07, 6.45) is 3.15. The van der Waals surface area contributed by atoms with Gasteiger partial charge in [0.05, 0.1) is 0 Å². The van der Waals surface area contributed by atoms with Crippen molar-refractivity contribution in [2.45, 2.75) is 45.6 Å². The zero-order valence-electron chi connectivity index (χ0n) is 9.81. The van der Waals surface area contributed by atoms with Gasteiger partial charge in [-0.25, -0.2) is 0 Å². The Balaban J connectivity index is 3.51. The van der Waals surface area contributed by atoms with Gasteiger partial charge in [-0.1, -0.05) is 13.8 Å². The molecule has 0 heterocycles. The summed E-state index contributed by atoms with van der Waals surface area (Å²) in [4.78, 5) is 0.